The highest BCUT2D eigenvalue weighted by Gasteiger charge is 2.22. The lowest BCUT2D eigenvalue weighted by Crippen LogP contribution is -2.18. The first-order valence-electron chi connectivity index (χ1n) is 6.48. The van der Waals surface area contributed by atoms with Crippen LogP contribution in [0.4, 0.5) is 0 Å². The van der Waals surface area contributed by atoms with E-state index in [2.05, 4.69) is 15.9 Å². The Bertz CT molecular complexity index is 613. The molecule has 0 heterocycles. The van der Waals surface area contributed by atoms with E-state index in [-0.39, 0.29) is 0 Å². The molecule has 2 rings (SSSR count). The van der Waals surface area contributed by atoms with Crippen molar-refractivity contribution < 1.29 is 19.4 Å². The molecule has 110 valence electrons. The van der Waals surface area contributed by atoms with Gasteiger partial charge in [0.1, 0.15) is 11.5 Å². The van der Waals surface area contributed by atoms with Gasteiger partial charge in [0.2, 0.25) is 6.10 Å². The molecule has 0 saturated carbocycles. The highest BCUT2D eigenvalue weighted by Crippen LogP contribution is 2.32. The smallest absolute Gasteiger partial charge is 0.349 e. The number of rotatable bonds is 6. The zero-order chi connectivity index (χ0) is 15.2. The van der Waals surface area contributed by atoms with E-state index in [1.807, 2.05) is 13.0 Å². The van der Waals surface area contributed by atoms with Crippen molar-refractivity contribution in [1.82, 2.24) is 0 Å². The second-order valence-corrected chi connectivity index (χ2v) is 5.13. The Labute approximate surface area is 131 Å². The number of ether oxygens (including phenoxy) is 2. The number of carbonyl (C=O) groups is 1. The van der Waals surface area contributed by atoms with Crippen molar-refractivity contribution in [1.29, 1.82) is 0 Å². The molecule has 0 saturated heterocycles. The van der Waals surface area contributed by atoms with Crippen LogP contribution in [0.1, 0.15) is 18.6 Å². The van der Waals surface area contributed by atoms with E-state index < -0.39 is 12.1 Å². The lowest BCUT2D eigenvalue weighted by molar-refractivity contribution is -0.145. The second kappa shape index (κ2) is 7.13. The Morgan fingerprint density at radius 2 is 1.95 bits per heavy atom. The van der Waals surface area contributed by atoms with Crippen LogP contribution in [0.25, 0.3) is 0 Å². The maximum atomic E-state index is 11.4. The van der Waals surface area contributed by atoms with Gasteiger partial charge in [0.25, 0.3) is 0 Å². The molecule has 0 bridgehead atoms. The molecule has 4 nitrogen and oxygen atoms in total. The maximum Gasteiger partial charge on any atom is 0.349 e. The van der Waals surface area contributed by atoms with Gasteiger partial charge in [-0.25, -0.2) is 4.79 Å². The predicted molar refractivity (Wildman–Crippen MR) is 82.8 cm³/mol. The van der Waals surface area contributed by atoms with Crippen molar-refractivity contribution in [3.8, 4) is 11.5 Å². The molecule has 0 aromatic heterocycles. The van der Waals surface area contributed by atoms with Gasteiger partial charge in [-0.3, -0.25) is 0 Å². The van der Waals surface area contributed by atoms with Crippen LogP contribution in [0.15, 0.2) is 53.0 Å². The van der Waals surface area contributed by atoms with Crippen molar-refractivity contribution in [2.45, 2.75) is 13.0 Å². The molecular formula is C16H15BrO4. The minimum atomic E-state index is -1.06. The molecule has 5 heteroatoms. The number of carboxylic acid groups (broad SMARTS) is 1. The molecule has 2 aromatic rings. The van der Waals surface area contributed by atoms with Crippen molar-refractivity contribution in [3.05, 3.63) is 58.6 Å². The first-order chi connectivity index (χ1) is 10.1. The first kappa shape index (κ1) is 15.4. The zero-order valence-electron chi connectivity index (χ0n) is 11.5. The number of hydrogen-bond donors (Lipinski definition) is 1. The molecule has 0 aliphatic carbocycles. The Kier molecular flexibility index (Phi) is 5.22. The van der Waals surface area contributed by atoms with Crippen LogP contribution >= 0.6 is 15.9 Å². The van der Waals surface area contributed by atoms with Gasteiger partial charge in [-0.15, -0.1) is 0 Å². The summed E-state index contributed by atoms with van der Waals surface area (Å²) in [4.78, 5) is 11.4. The van der Waals surface area contributed by atoms with Crippen molar-refractivity contribution >= 4 is 21.9 Å². The summed E-state index contributed by atoms with van der Waals surface area (Å²) in [5.41, 5.74) is 0.589. The number of halogens is 1. The van der Waals surface area contributed by atoms with Gasteiger partial charge in [0.15, 0.2) is 0 Å². The van der Waals surface area contributed by atoms with Crippen molar-refractivity contribution in [2.24, 2.45) is 0 Å². The third-order valence-electron chi connectivity index (χ3n) is 2.79. The lowest BCUT2D eigenvalue weighted by atomic mass is 10.1. The molecule has 0 fully saturated rings. The summed E-state index contributed by atoms with van der Waals surface area (Å²) < 4.78 is 11.6. The Morgan fingerprint density at radius 3 is 2.52 bits per heavy atom. The van der Waals surface area contributed by atoms with Crippen LogP contribution < -0.4 is 9.47 Å². The van der Waals surface area contributed by atoms with Gasteiger partial charge in [-0.1, -0.05) is 30.3 Å². The van der Waals surface area contributed by atoms with Crippen LogP contribution in [0.5, 0.6) is 11.5 Å². The molecule has 0 aliphatic rings. The molecule has 0 radical (unpaired) electrons. The molecule has 1 N–H and O–H groups in total. The topological polar surface area (TPSA) is 55.8 Å². The molecule has 0 amide bonds. The molecule has 2 aromatic carbocycles. The minimum absolute atomic E-state index is 0.453. The minimum Gasteiger partial charge on any atom is -0.494 e. The third kappa shape index (κ3) is 3.98. The maximum absolute atomic E-state index is 11.4. The van der Waals surface area contributed by atoms with E-state index >= 15 is 0 Å². The summed E-state index contributed by atoms with van der Waals surface area (Å²) in [7, 11) is 0. The number of aliphatic carboxylic acids is 1. The monoisotopic (exact) mass is 350 g/mol. The largest absolute Gasteiger partial charge is 0.494 e. The summed E-state index contributed by atoms with van der Waals surface area (Å²) in [6, 6.07) is 14.0. The fourth-order valence-electron chi connectivity index (χ4n) is 1.85. The average Bonchev–Trinajstić information content (AvgIpc) is 2.47. The van der Waals surface area contributed by atoms with Crippen LogP contribution in [-0.2, 0) is 4.79 Å². The van der Waals surface area contributed by atoms with E-state index in [4.69, 9.17) is 9.47 Å². The Hall–Kier alpha value is -2.01. The Morgan fingerprint density at radius 1 is 1.24 bits per heavy atom. The normalized spacial score (nSPS) is 11.7. The molecular weight excluding hydrogens is 336 g/mol. The van der Waals surface area contributed by atoms with E-state index in [1.165, 1.54) is 0 Å². The van der Waals surface area contributed by atoms with E-state index in [0.717, 1.165) is 0 Å². The highest BCUT2D eigenvalue weighted by atomic mass is 79.9. The fraction of sp³-hybridized carbons (Fsp3) is 0.188. The van der Waals surface area contributed by atoms with Gasteiger partial charge < -0.3 is 14.6 Å². The van der Waals surface area contributed by atoms with E-state index in [9.17, 15) is 9.90 Å². The molecule has 21 heavy (non-hydrogen) atoms. The van der Waals surface area contributed by atoms with Gasteiger partial charge in [0, 0.05) is 5.56 Å². The highest BCUT2D eigenvalue weighted by molar-refractivity contribution is 9.10. The van der Waals surface area contributed by atoms with E-state index in [1.54, 1.807) is 42.5 Å². The number of hydrogen-bond acceptors (Lipinski definition) is 3. The van der Waals surface area contributed by atoms with Gasteiger partial charge in [0.05, 0.1) is 11.1 Å². The summed E-state index contributed by atoms with van der Waals surface area (Å²) in [5.74, 6) is 0.111. The summed E-state index contributed by atoms with van der Waals surface area (Å²) in [6.07, 6.45) is -1.06. The SMILES string of the molecule is CCOc1ccc(OC(C(=O)O)c2ccccc2)c(Br)c1. The van der Waals surface area contributed by atoms with Crippen LogP contribution in [0.3, 0.4) is 0 Å². The van der Waals surface area contributed by atoms with Crippen LogP contribution in [0, 0.1) is 0 Å². The van der Waals surface area contributed by atoms with Crippen LogP contribution in [0.2, 0.25) is 0 Å². The molecule has 0 spiro atoms. The van der Waals surface area contributed by atoms with Crippen molar-refractivity contribution in [3.63, 3.8) is 0 Å². The summed E-state index contributed by atoms with van der Waals surface area (Å²) in [6.45, 7) is 2.46. The average molecular weight is 351 g/mol. The zero-order valence-corrected chi connectivity index (χ0v) is 13.0. The first-order valence-corrected chi connectivity index (χ1v) is 7.28. The number of benzene rings is 2. The quantitative estimate of drug-likeness (QED) is 0.853. The van der Waals surface area contributed by atoms with Gasteiger partial charge in [-0.05, 0) is 41.1 Å². The molecule has 0 aliphatic heterocycles. The predicted octanol–water partition coefficient (Wildman–Crippen LogP) is 4.05. The molecule has 1 unspecified atom stereocenters. The second-order valence-electron chi connectivity index (χ2n) is 4.27. The summed E-state index contributed by atoms with van der Waals surface area (Å²) in [5, 5.41) is 9.35. The lowest BCUT2D eigenvalue weighted by Gasteiger charge is -2.17. The van der Waals surface area contributed by atoms with Gasteiger partial charge in [-0.2, -0.15) is 0 Å². The fourth-order valence-corrected chi connectivity index (χ4v) is 2.30. The van der Waals surface area contributed by atoms with Gasteiger partial charge >= 0.3 is 5.97 Å². The molecule has 1 atom stereocenters. The summed E-state index contributed by atoms with van der Waals surface area (Å²) >= 11 is 3.37. The standard InChI is InChI=1S/C16H15BrO4/c1-2-20-12-8-9-14(13(17)10-12)21-15(16(18)19)11-6-4-3-5-7-11/h3-10,15H,2H2,1H3,(H,18,19). The Balaban J connectivity index is 2.24. The van der Waals surface area contributed by atoms with Crippen molar-refractivity contribution in [2.75, 3.05) is 6.61 Å². The number of carboxylic acids is 1. The van der Waals surface area contributed by atoms with E-state index in [0.29, 0.717) is 28.1 Å². The van der Waals surface area contributed by atoms with Crippen LogP contribution in [-0.4, -0.2) is 17.7 Å². The third-order valence-corrected chi connectivity index (χ3v) is 3.41.